The van der Waals surface area contributed by atoms with Crippen molar-refractivity contribution in [2.45, 2.75) is 26.2 Å². The summed E-state index contributed by atoms with van der Waals surface area (Å²) in [5.74, 6) is 2.23. The van der Waals surface area contributed by atoms with E-state index in [4.69, 9.17) is 4.74 Å². The number of piperazine rings is 1. The molecule has 128 valence electrons. The Labute approximate surface area is 142 Å². The van der Waals surface area contributed by atoms with Crippen LogP contribution in [0.5, 0.6) is 5.88 Å². The molecule has 7 heteroatoms. The van der Waals surface area contributed by atoms with Crippen LogP contribution in [0, 0.1) is 0 Å². The normalized spacial score (nSPS) is 15.5. The van der Waals surface area contributed by atoms with Crippen molar-refractivity contribution in [1.29, 1.82) is 0 Å². The van der Waals surface area contributed by atoms with Crippen LogP contribution in [0.1, 0.15) is 26.5 Å². The Morgan fingerprint density at radius 3 is 2.25 bits per heavy atom. The number of anilines is 2. The van der Waals surface area contributed by atoms with Gasteiger partial charge in [-0.3, -0.25) is 0 Å². The molecular weight excluding hydrogens is 304 g/mol. The van der Waals surface area contributed by atoms with Crippen molar-refractivity contribution in [3.05, 3.63) is 30.1 Å². The number of hydrogen-bond acceptors (Lipinski definition) is 7. The fourth-order valence-corrected chi connectivity index (χ4v) is 2.63. The average Bonchev–Trinajstić information content (AvgIpc) is 2.61. The second-order valence-corrected chi connectivity index (χ2v) is 6.90. The zero-order valence-corrected chi connectivity index (χ0v) is 14.7. The molecule has 2 aromatic rings. The predicted octanol–water partition coefficient (Wildman–Crippen LogP) is 1.90. The minimum Gasteiger partial charge on any atom is -0.481 e. The number of nitrogens with zero attached hydrogens (tertiary/aromatic N) is 6. The van der Waals surface area contributed by atoms with Crippen LogP contribution in [-0.4, -0.2) is 53.5 Å². The van der Waals surface area contributed by atoms with Gasteiger partial charge >= 0.3 is 0 Å². The van der Waals surface area contributed by atoms with Crippen molar-refractivity contribution in [2.24, 2.45) is 0 Å². The Morgan fingerprint density at radius 1 is 0.958 bits per heavy atom. The SMILES string of the molecule is COc1ccnc(N2CCN(c3ccc(C(C)(C)C)nn3)CC2)n1. The maximum absolute atomic E-state index is 5.17. The number of methoxy groups -OCH3 is 1. The van der Waals surface area contributed by atoms with Crippen LogP contribution in [0.25, 0.3) is 0 Å². The molecule has 1 aliphatic heterocycles. The first-order chi connectivity index (χ1) is 11.5. The molecule has 1 fully saturated rings. The number of ether oxygens (including phenoxy) is 1. The summed E-state index contributed by atoms with van der Waals surface area (Å²) in [5.41, 5.74) is 1.03. The molecule has 0 bridgehead atoms. The number of rotatable bonds is 3. The van der Waals surface area contributed by atoms with Crippen LogP contribution in [0.4, 0.5) is 11.8 Å². The largest absolute Gasteiger partial charge is 0.481 e. The Morgan fingerprint density at radius 2 is 1.67 bits per heavy atom. The maximum Gasteiger partial charge on any atom is 0.228 e. The second kappa shape index (κ2) is 6.59. The molecule has 3 rings (SSSR count). The quantitative estimate of drug-likeness (QED) is 0.852. The third-order valence-corrected chi connectivity index (χ3v) is 4.13. The van der Waals surface area contributed by atoms with Gasteiger partial charge in [0.25, 0.3) is 0 Å². The van der Waals surface area contributed by atoms with E-state index in [-0.39, 0.29) is 5.41 Å². The smallest absolute Gasteiger partial charge is 0.228 e. The molecule has 0 saturated carbocycles. The Bertz CT molecular complexity index is 674. The van der Waals surface area contributed by atoms with Gasteiger partial charge in [-0.1, -0.05) is 20.8 Å². The number of aromatic nitrogens is 4. The summed E-state index contributed by atoms with van der Waals surface area (Å²) in [7, 11) is 1.62. The molecule has 0 atom stereocenters. The van der Waals surface area contributed by atoms with Gasteiger partial charge in [0.2, 0.25) is 11.8 Å². The van der Waals surface area contributed by atoms with E-state index in [1.165, 1.54) is 0 Å². The van der Waals surface area contributed by atoms with Crippen molar-refractivity contribution in [3.8, 4) is 5.88 Å². The molecule has 0 N–H and O–H groups in total. The van der Waals surface area contributed by atoms with E-state index < -0.39 is 0 Å². The Hall–Kier alpha value is -2.44. The summed E-state index contributed by atoms with van der Waals surface area (Å²) in [5, 5.41) is 8.78. The van der Waals surface area contributed by atoms with Gasteiger partial charge in [-0.2, -0.15) is 10.1 Å². The predicted molar refractivity (Wildman–Crippen MR) is 93.7 cm³/mol. The van der Waals surface area contributed by atoms with Crippen LogP contribution < -0.4 is 14.5 Å². The van der Waals surface area contributed by atoms with Crippen LogP contribution >= 0.6 is 0 Å². The summed E-state index contributed by atoms with van der Waals surface area (Å²) in [6.07, 6.45) is 1.73. The summed E-state index contributed by atoms with van der Waals surface area (Å²) in [6.45, 7) is 9.84. The second-order valence-electron chi connectivity index (χ2n) is 6.90. The van der Waals surface area contributed by atoms with E-state index in [0.717, 1.165) is 37.7 Å². The molecular formula is C17H24N6O. The van der Waals surface area contributed by atoms with Crippen molar-refractivity contribution in [2.75, 3.05) is 43.1 Å². The molecule has 3 heterocycles. The molecule has 24 heavy (non-hydrogen) atoms. The zero-order valence-electron chi connectivity index (χ0n) is 14.7. The molecule has 0 radical (unpaired) electrons. The van der Waals surface area contributed by atoms with Crippen LogP contribution in [0.2, 0.25) is 0 Å². The van der Waals surface area contributed by atoms with Crippen molar-refractivity contribution < 1.29 is 4.74 Å². The van der Waals surface area contributed by atoms with Crippen LogP contribution in [-0.2, 0) is 5.41 Å². The molecule has 2 aromatic heterocycles. The van der Waals surface area contributed by atoms with Crippen LogP contribution in [0.15, 0.2) is 24.4 Å². The summed E-state index contributed by atoms with van der Waals surface area (Å²) >= 11 is 0. The molecule has 7 nitrogen and oxygen atoms in total. The maximum atomic E-state index is 5.17. The minimum atomic E-state index is 0.0218. The fraction of sp³-hybridized carbons (Fsp3) is 0.529. The molecule has 1 saturated heterocycles. The Kier molecular flexibility index (Phi) is 4.51. The lowest BCUT2D eigenvalue weighted by molar-refractivity contribution is 0.396. The fourth-order valence-electron chi connectivity index (χ4n) is 2.63. The van der Waals surface area contributed by atoms with E-state index in [1.54, 1.807) is 19.4 Å². The van der Waals surface area contributed by atoms with E-state index in [1.807, 2.05) is 0 Å². The average molecular weight is 328 g/mol. The minimum absolute atomic E-state index is 0.0218. The standard InChI is InChI=1S/C17H24N6O/c1-17(2,3)13-5-6-14(21-20-13)22-9-11-23(12-10-22)16-18-8-7-15(19-16)24-4/h5-8H,9-12H2,1-4H3. The first-order valence-corrected chi connectivity index (χ1v) is 8.18. The molecule has 0 aromatic carbocycles. The van der Waals surface area contributed by atoms with Gasteiger partial charge in [-0.05, 0) is 12.1 Å². The lowest BCUT2D eigenvalue weighted by atomic mass is 9.92. The summed E-state index contributed by atoms with van der Waals surface area (Å²) in [4.78, 5) is 13.1. The third kappa shape index (κ3) is 3.55. The van der Waals surface area contributed by atoms with Gasteiger partial charge < -0.3 is 14.5 Å². The lowest BCUT2D eigenvalue weighted by Crippen LogP contribution is -2.47. The van der Waals surface area contributed by atoms with E-state index in [2.05, 4.69) is 62.9 Å². The highest BCUT2D eigenvalue weighted by Gasteiger charge is 2.22. The zero-order chi connectivity index (χ0) is 17.2. The lowest BCUT2D eigenvalue weighted by Gasteiger charge is -2.35. The molecule has 0 aliphatic carbocycles. The van der Waals surface area contributed by atoms with Gasteiger partial charge in [-0.25, -0.2) is 4.98 Å². The summed E-state index contributed by atoms with van der Waals surface area (Å²) in [6, 6.07) is 5.89. The van der Waals surface area contributed by atoms with Gasteiger partial charge in [0.1, 0.15) is 0 Å². The third-order valence-electron chi connectivity index (χ3n) is 4.13. The molecule has 0 amide bonds. The highest BCUT2D eigenvalue weighted by Crippen LogP contribution is 2.22. The first-order valence-electron chi connectivity index (χ1n) is 8.18. The number of hydrogen-bond donors (Lipinski definition) is 0. The summed E-state index contributed by atoms with van der Waals surface area (Å²) < 4.78 is 5.17. The Balaban J connectivity index is 1.64. The van der Waals surface area contributed by atoms with Gasteiger partial charge in [-0.15, -0.1) is 5.10 Å². The molecule has 0 spiro atoms. The van der Waals surface area contributed by atoms with E-state index in [9.17, 15) is 0 Å². The highest BCUT2D eigenvalue weighted by atomic mass is 16.5. The van der Waals surface area contributed by atoms with Crippen molar-refractivity contribution in [3.63, 3.8) is 0 Å². The van der Waals surface area contributed by atoms with Gasteiger partial charge in [0.15, 0.2) is 5.82 Å². The van der Waals surface area contributed by atoms with Crippen LogP contribution in [0.3, 0.4) is 0 Å². The van der Waals surface area contributed by atoms with Gasteiger partial charge in [0, 0.05) is 43.9 Å². The van der Waals surface area contributed by atoms with E-state index >= 15 is 0 Å². The first kappa shape index (κ1) is 16.4. The van der Waals surface area contributed by atoms with Crippen molar-refractivity contribution >= 4 is 11.8 Å². The van der Waals surface area contributed by atoms with Crippen molar-refractivity contribution in [1.82, 2.24) is 20.2 Å². The highest BCUT2D eigenvalue weighted by molar-refractivity contribution is 5.42. The topological polar surface area (TPSA) is 67.3 Å². The van der Waals surface area contributed by atoms with E-state index in [0.29, 0.717) is 11.8 Å². The molecule has 0 unspecified atom stereocenters. The monoisotopic (exact) mass is 328 g/mol. The molecule has 1 aliphatic rings. The van der Waals surface area contributed by atoms with Gasteiger partial charge in [0.05, 0.1) is 12.8 Å².